The van der Waals surface area contributed by atoms with Gasteiger partial charge in [-0.1, -0.05) is 109 Å². The second-order valence-corrected chi connectivity index (χ2v) is 13.2. The van der Waals surface area contributed by atoms with Crippen LogP contribution in [-0.2, 0) is 5.41 Å². The molecule has 11 rings (SSSR count). The van der Waals surface area contributed by atoms with Gasteiger partial charge >= 0.3 is 0 Å². The predicted octanol–water partition coefficient (Wildman–Crippen LogP) is 10.8. The molecule has 0 N–H and O–H groups in total. The summed E-state index contributed by atoms with van der Waals surface area (Å²) in [6.45, 7) is 0. The van der Waals surface area contributed by atoms with Gasteiger partial charge in [0.1, 0.15) is 17.1 Å². The van der Waals surface area contributed by atoms with Gasteiger partial charge in [0.15, 0.2) is 0 Å². The highest BCUT2D eigenvalue weighted by molar-refractivity contribution is 6.09. The van der Waals surface area contributed by atoms with Gasteiger partial charge in [-0.15, -0.1) is 0 Å². The van der Waals surface area contributed by atoms with Crippen molar-refractivity contribution in [1.29, 1.82) is 0 Å². The van der Waals surface area contributed by atoms with Crippen molar-refractivity contribution in [2.24, 2.45) is 0 Å². The van der Waals surface area contributed by atoms with Crippen molar-refractivity contribution in [3.05, 3.63) is 191 Å². The van der Waals surface area contributed by atoms with Crippen LogP contribution in [0.25, 0.3) is 61.9 Å². The Morgan fingerprint density at radius 1 is 0.490 bits per heavy atom. The predicted molar refractivity (Wildman–Crippen MR) is 204 cm³/mol. The molecule has 1 atom stereocenters. The first-order chi connectivity index (χ1) is 25.3. The van der Waals surface area contributed by atoms with Crippen LogP contribution >= 0.6 is 0 Å². The van der Waals surface area contributed by atoms with Crippen molar-refractivity contribution in [2.45, 2.75) is 5.41 Å². The molecule has 1 unspecified atom stereocenters. The van der Waals surface area contributed by atoms with E-state index >= 15 is 0 Å². The number of ether oxygens (including phenoxy) is 1. The number of hydrogen-bond donors (Lipinski definition) is 0. The van der Waals surface area contributed by atoms with E-state index in [0.717, 1.165) is 66.5 Å². The number of aromatic nitrogens is 4. The molecule has 238 valence electrons. The third kappa shape index (κ3) is 3.88. The number of benzene rings is 6. The largest absolute Gasteiger partial charge is 0.456 e. The lowest BCUT2D eigenvalue weighted by molar-refractivity contribution is 0.439. The molecule has 2 aliphatic rings. The van der Waals surface area contributed by atoms with Crippen LogP contribution in [0.5, 0.6) is 11.5 Å². The molecule has 0 radical (unpaired) electrons. The van der Waals surface area contributed by atoms with Gasteiger partial charge in [-0.05, 0) is 81.2 Å². The van der Waals surface area contributed by atoms with Crippen molar-refractivity contribution >= 4 is 44.9 Å². The van der Waals surface area contributed by atoms with Gasteiger partial charge in [0.05, 0.1) is 10.9 Å². The van der Waals surface area contributed by atoms with Gasteiger partial charge in [0.25, 0.3) is 0 Å². The third-order valence-corrected chi connectivity index (χ3v) is 10.7. The molecule has 0 fully saturated rings. The molecule has 9 aromatic rings. The summed E-state index contributed by atoms with van der Waals surface area (Å²) in [4.78, 5) is 13.9. The number of para-hydroxylation sites is 1. The summed E-state index contributed by atoms with van der Waals surface area (Å²) in [5.41, 5.74) is 10.6. The van der Waals surface area contributed by atoms with Gasteiger partial charge in [-0.3, -0.25) is 4.57 Å². The Balaban J connectivity index is 1.21. The van der Waals surface area contributed by atoms with Gasteiger partial charge in [-0.25, -0.2) is 15.0 Å². The summed E-state index contributed by atoms with van der Waals surface area (Å²) in [5, 5.41) is 4.42. The second kappa shape index (κ2) is 10.6. The lowest BCUT2D eigenvalue weighted by Crippen LogP contribution is -2.35. The van der Waals surface area contributed by atoms with E-state index in [9.17, 15) is 0 Å². The molecule has 6 aromatic carbocycles. The minimum absolute atomic E-state index is 0.603. The molecule has 0 bridgehead atoms. The van der Waals surface area contributed by atoms with E-state index in [1.807, 2.05) is 22.9 Å². The molecule has 5 nitrogen and oxygen atoms in total. The summed E-state index contributed by atoms with van der Waals surface area (Å²) in [7, 11) is 0. The highest BCUT2D eigenvalue weighted by Gasteiger charge is 2.48. The highest BCUT2D eigenvalue weighted by atomic mass is 16.5. The van der Waals surface area contributed by atoms with Crippen LogP contribution in [0, 0.1) is 0 Å². The normalized spacial score (nSPS) is 15.6. The molecule has 1 spiro atoms. The summed E-state index contributed by atoms with van der Waals surface area (Å²) in [5.74, 6) is 2.38. The number of nitrogens with zero attached hydrogens (tertiary/aromatic N) is 4. The Bertz CT molecular complexity index is 2910. The van der Waals surface area contributed by atoms with Crippen molar-refractivity contribution in [3.63, 3.8) is 0 Å². The SMILES string of the molecule is C1=Cc2ccc(-c3ccc4c(c3)c3cccnc3n4-c3ncccn3)cc2C2(c3ccccc31)c1ccccc1Oc1c2ccc2ccccc12. The summed E-state index contributed by atoms with van der Waals surface area (Å²) >= 11 is 0. The number of rotatable bonds is 2. The van der Waals surface area contributed by atoms with Crippen molar-refractivity contribution in [2.75, 3.05) is 0 Å². The van der Waals surface area contributed by atoms with Crippen LogP contribution in [0.4, 0.5) is 0 Å². The van der Waals surface area contributed by atoms with E-state index in [1.54, 1.807) is 12.4 Å². The second-order valence-electron chi connectivity index (χ2n) is 13.2. The van der Waals surface area contributed by atoms with Gasteiger partial charge in [0, 0.05) is 45.9 Å². The van der Waals surface area contributed by atoms with Crippen molar-refractivity contribution in [3.8, 4) is 28.6 Å². The van der Waals surface area contributed by atoms with Gasteiger partial charge in [0.2, 0.25) is 5.95 Å². The van der Waals surface area contributed by atoms with Crippen LogP contribution in [0.1, 0.15) is 33.4 Å². The molecular weight excluding hydrogens is 625 g/mol. The maximum Gasteiger partial charge on any atom is 0.235 e. The lowest BCUT2D eigenvalue weighted by atomic mass is 9.61. The zero-order chi connectivity index (χ0) is 33.5. The van der Waals surface area contributed by atoms with Crippen molar-refractivity contribution < 1.29 is 4.74 Å². The molecule has 0 amide bonds. The van der Waals surface area contributed by atoms with Crippen LogP contribution in [0.2, 0.25) is 0 Å². The molecule has 51 heavy (non-hydrogen) atoms. The maximum atomic E-state index is 6.89. The Morgan fingerprint density at radius 3 is 2.14 bits per heavy atom. The number of fused-ring (bicyclic) bond motifs is 13. The summed E-state index contributed by atoms with van der Waals surface area (Å²) in [6.07, 6.45) is 9.90. The van der Waals surface area contributed by atoms with Crippen molar-refractivity contribution in [1.82, 2.24) is 19.5 Å². The third-order valence-electron chi connectivity index (χ3n) is 10.7. The topological polar surface area (TPSA) is 52.8 Å². The monoisotopic (exact) mass is 652 g/mol. The fourth-order valence-corrected chi connectivity index (χ4v) is 8.50. The Hall–Kier alpha value is -6.85. The average Bonchev–Trinajstić information content (AvgIpc) is 3.45. The molecule has 0 saturated carbocycles. The molecule has 1 aliphatic carbocycles. The molecule has 0 saturated heterocycles. The molecule has 1 aliphatic heterocycles. The van der Waals surface area contributed by atoms with E-state index in [0.29, 0.717) is 5.95 Å². The fraction of sp³-hybridized carbons (Fsp3) is 0.0217. The Morgan fingerprint density at radius 2 is 1.22 bits per heavy atom. The molecule has 5 heteroatoms. The molecule has 3 aromatic heterocycles. The molecular formula is C46H28N4O. The average molecular weight is 653 g/mol. The smallest absolute Gasteiger partial charge is 0.235 e. The van der Waals surface area contributed by atoms with E-state index in [4.69, 9.17) is 9.72 Å². The van der Waals surface area contributed by atoms with E-state index in [-0.39, 0.29) is 0 Å². The van der Waals surface area contributed by atoms with Crippen LogP contribution in [0.15, 0.2) is 158 Å². The van der Waals surface area contributed by atoms with E-state index in [2.05, 4.69) is 150 Å². The zero-order valence-electron chi connectivity index (χ0n) is 27.4. The fourth-order valence-electron chi connectivity index (χ4n) is 8.50. The minimum Gasteiger partial charge on any atom is -0.456 e. The summed E-state index contributed by atoms with van der Waals surface area (Å²) < 4.78 is 8.94. The molecule has 4 heterocycles. The highest BCUT2D eigenvalue weighted by Crippen LogP contribution is 2.59. The van der Waals surface area contributed by atoms with Crippen LogP contribution < -0.4 is 4.74 Å². The maximum absolute atomic E-state index is 6.89. The van der Waals surface area contributed by atoms with Crippen LogP contribution in [0.3, 0.4) is 0 Å². The first-order valence-electron chi connectivity index (χ1n) is 17.2. The van der Waals surface area contributed by atoms with Gasteiger partial charge in [-0.2, -0.15) is 0 Å². The first kappa shape index (κ1) is 28.0. The zero-order valence-corrected chi connectivity index (χ0v) is 27.4. The Labute approximate surface area is 293 Å². The summed E-state index contributed by atoms with van der Waals surface area (Å²) in [6, 6.07) is 50.0. The Kier molecular flexibility index (Phi) is 5.81. The van der Waals surface area contributed by atoms with Crippen LogP contribution in [-0.4, -0.2) is 19.5 Å². The van der Waals surface area contributed by atoms with E-state index < -0.39 is 5.41 Å². The quantitative estimate of drug-likeness (QED) is 0.186. The standard InChI is InChI=1S/C46H28N4O/c1-3-11-34-29(9-1)20-22-39-43(34)51-42-15-6-5-14-38(42)46(39)37-13-4-2-10-30(37)16-17-31-18-19-33(28-40(31)46)32-21-23-41-36(27-32)35-12-7-24-47-44(35)50(41)45-48-25-8-26-49-45/h1-28H. The first-order valence-corrected chi connectivity index (χ1v) is 17.2. The van der Waals surface area contributed by atoms with Gasteiger partial charge < -0.3 is 4.74 Å². The lowest BCUT2D eigenvalue weighted by Gasteiger charge is -2.43. The number of pyridine rings is 1. The minimum atomic E-state index is -0.645. The number of hydrogen-bond acceptors (Lipinski definition) is 4. The van der Waals surface area contributed by atoms with E-state index in [1.165, 1.54) is 22.3 Å².